The Bertz CT molecular complexity index is 871. The first-order chi connectivity index (χ1) is 13.0. The van der Waals surface area contributed by atoms with Gasteiger partial charge in [0.2, 0.25) is 5.79 Å². The van der Waals surface area contributed by atoms with Crippen LogP contribution in [-0.4, -0.2) is 52.8 Å². The van der Waals surface area contributed by atoms with Crippen LogP contribution in [-0.2, 0) is 15.3 Å². The van der Waals surface area contributed by atoms with Crippen molar-refractivity contribution in [2.45, 2.75) is 39.1 Å². The zero-order chi connectivity index (χ0) is 20.7. The lowest BCUT2D eigenvalue weighted by Crippen LogP contribution is -2.53. The van der Waals surface area contributed by atoms with Crippen molar-refractivity contribution in [2.75, 3.05) is 26.2 Å². The van der Waals surface area contributed by atoms with Crippen LogP contribution in [0.2, 0.25) is 0 Å². The highest BCUT2D eigenvalue weighted by molar-refractivity contribution is 5.69. The number of hydrogen-bond acceptors (Lipinski definition) is 6. The number of carbonyl (C=O) groups excluding carboxylic acids is 1. The number of ether oxygens (including phenoxy) is 2. The van der Waals surface area contributed by atoms with Crippen LogP contribution in [0.3, 0.4) is 0 Å². The molecule has 0 spiro atoms. The van der Waals surface area contributed by atoms with Crippen molar-refractivity contribution in [2.24, 2.45) is 0 Å². The second-order valence-corrected chi connectivity index (χ2v) is 8.00. The summed E-state index contributed by atoms with van der Waals surface area (Å²) in [6.45, 7) is 8.06. The van der Waals surface area contributed by atoms with Crippen LogP contribution in [0.4, 0.5) is 9.18 Å². The Morgan fingerprint density at radius 1 is 1.39 bits per heavy atom. The van der Waals surface area contributed by atoms with Crippen molar-refractivity contribution < 1.29 is 23.8 Å². The van der Waals surface area contributed by atoms with Crippen LogP contribution in [0.15, 0.2) is 24.0 Å². The lowest BCUT2D eigenvalue weighted by atomic mass is 9.94. The van der Waals surface area contributed by atoms with E-state index in [1.54, 1.807) is 33.9 Å². The summed E-state index contributed by atoms with van der Waals surface area (Å²) in [6, 6.07) is 4.43. The van der Waals surface area contributed by atoms with Gasteiger partial charge in [0.25, 0.3) is 0 Å². The normalized spacial score (nSPS) is 22.2. The van der Waals surface area contributed by atoms with E-state index in [2.05, 4.69) is 0 Å². The molecule has 1 amide bonds. The van der Waals surface area contributed by atoms with Gasteiger partial charge in [-0.15, -0.1) is 0 Å². The molecule has 1 aromatic carbocycles. The second-order valence-electron chi connectivity index (χ2n) is 8.00. The van der Waals surface area contributed by atoms with E-state index in [0.717, 1.165) is 11.8 Å². The number of nitrogens with zero attached hydrogens (tertiary/aromatic N) is 3. The van der Waals surface area contributed by atoms with E-state index >= 15 is 0 Å². The fraction of sp³-hybridized carbons (Fsp3) is 0.500. The van der Waals surface area contributed by atoms with Gasteiger partial charge in [-0.25, -0.2) is 9.18 Å². The molecule has 0 radical (unpaired) electrons. The van der Waals surface area contributed by atoms with E-state index in [4.69, 9.17) is 9.47 Å². The number of aliphatic hydroxyl groups is 1. The molecular formula is C20H24FN3O4. The van der Waals surface area contributed by atoms with Gasteiger partial charge in [-0.1, -0.05) is 6.07 Å². The zero-order valence-electron chi connectivity index (χ0n) is 16.5. The number of amides is 1. The number of benzene rings is 1. The molecule has 0 bridgehead atoms. The summed E-state index contributed by atoms with van der Waals surface area (Å²) in [6.07, 6.45) is 1.23. The predicted molar refractivity (Wildman–Crippen MR) is 98.3 cm³/mol. The summed E-state index contributed by atoms with van der Waals surface area (Å²) >= 11 is 0. The monoisotopic (exact) mass is 389 g/mol. The molecule has 28 heavy (non-hydrogen) atoms. The number of carbonyl (C=O) groups is 1. The first-order valence-corrected chi connectivity index (χ1v) is 9.05. The fourth-order valence-electron chi connectivity index (χ4n) is 3.37. The molecule has 0 aromatic heterocycles. The lowest BCUT2D eigenvalue weighted by molar-refractivity contribution is -0.237. The minimum atomic E-state index is -1.67. The molecule has 2 aliphatic rings. The number of nitriles is 1. The molecule has 2 heterocycles. The average molecular weight is 389 g/mol. The molecule has 1 atom stereocenters. The molecule has 0 unspecified atom stereocenters. The molecule has 0 aliphatic carbocycles. The number of fused-ring (bicyclic) bond motifs is 1. The van der Waals surface area contributed by atoms with Crippen molar-refractivity contribution >= 4 is 6.09 Å². The second kappa shape index (κ2) is 7.08. The van der Waals surface area contributed by atoms with Crippen molar-refractivity contribution in [3.8, 4) is 6.07 Å². The molecule has 0 saturated carbocycles. The van der Waals surface area contributed by atoms with Gasteiger partial charge in [0.15, 0.2) is 0 Å². The minimum absolute atomic E-state index is 0.0640. The third kappa shape index (κ3) is 3.81. The topological polar surface area (TPSA) is 86.0 Å². The molecular weight excluding hydrogens is 365 g/mol. The van der Waals surface area contributed by atoms with Crippen molar-refractivity contribution in [3.05, 3.63) is 46.5 Å². The Balaban J connectivity index is 1.81. The highest BCUT2D eigenvalue weighted by Gasteiger charge is 2.41. The Labute approximate surface area is 163 Å². The average Bonchev–Trinajstić information content (AvgIpc) is 2.60. The van der Waals surface area contributed by atoms with Crippen molar-refractivity contribution in [3.63, 3.8) is 0 Å². The summed E-state index contributed by atoms with van der Waals surface area (Å²) in [5, 5.41) is 20.2. The smallest absolute Gasteiger partial charge is 0.414 e. The molecule has 1 saturated heterocycles. The van der Waals surface area contributed by atoms with Gasteiger partial charge in [0.05, 0.1) is 24.4 Å². The molecule has 3 rings (SSSR count). The van der Waals surface area contributed by atoms with Gasteiger partial charge in [0.1, 0.15) is 17.5 Å². The summed E-state index contributed by atoms with van der Waals surface area (Å²) in [5.41, 5.74) is 0.755. The first kappa shape index (κ1) is 20.1. The zero-order valence-corrected chi connectivity index (χ0v) is 16.5. The van der Waals surface area contributed by atoms with Crippen LogP contribution < -0.4 is 0 Å². The Kier molecular flexibility index (Phi) is 5.08. The number of rotatable bonds is 1. The number of morpholine rings is 1. The SMILES string of the molecule is Cc1c([C@@]2(O)CN3CCN(C(=O)OC(C)(C)C)C=C3CO2)ccc(F)c1C#N. The van der Waals surface area contributed by atoms with E-state index in [9.17, 15) is 19.6 Å². The Hall–Kier alpha value is -2.63. The standard InChI is InChI=1S/C20H24FN3O4/c1-13-15(9-22)17(21)6-5-16(13)20(26)12-24-8-7-23(10-14(24)11-27-20)18(25)28-19(2,3)4/h5-6,10,26H,7-8,11-12H2,1-4H3/t20-/m1/s1. The molecule has 1 fully saturated rings. The third-order valence-electron chi connectivity index (χ3n) is 4.76. The van der Waals surface area contributed by atoms with E-state index in [1.165, 1.54) is 11.0 Å². The van der Waals surface area contributed by atoms with Crippen LogP contribution in [0.25, 0.3) is 0 Å². The predicted octanol–water partition coefficient (Wildman–Crippen LogP) is 2.58. The Morgan fingerprint density at radius 3 is 2.75 bits per heavy atom. The van der Waals surface area contributed by atoms with Crippen LogP contribution in [0.1, 0.15) is 37.5 Å². The number of hydrogen-bond donors (Lipinski definition) is 1. The molecule has 1 aromatic rings. The number of halogens is 1. The maximum atomic E-state index is 13.8. The highest BCUT2D eigenvalue weighted by Crippen LogP contribution is 2.35. The first-order valence-electron chi connectivity index (χ1n) is 9.05. The van der Waals surface area contributed by atoms with E-state index in [1.807, 2.05) is 11.0 Å². The lowest BCUT2D eigenvalue weighted by Gasteiger charge is -2.45. The van der Waals surface area contributed by atoms with Crippen molar-refractivity contribution in [1.29, 1.82) is 5.26 Å². The Morgan fingerprint density at radius 2 is 2.11 bits per heavy atom. The van der Waals surface area contributed by atoms with Gasteiger partial charge in [-0.3, -0.25) is 4.90 Å². The summed E-state index contributed by atoms with van der Waals surface area (Å²) in [5.74, 6) is -2.30. The van der Waals surface area contributed by atoms with Crippen LogP contribution in [0.5, 0.6) is 0 Å². The third-order valence-corrected chi connectivity index (χ3v) is 4.76. The summed E-state index contributed by atoms with van der Waals surface area (Å²) in [4.78, 5) is 15.7. The minimum Gasteiger partial charge on any atom is -0.443 e. The summed E-state index contributed by atoms with van der Waals surface area (Å²) < 4.78 is 24.9. The van der Waals surface area contributed by atoms with Gasteiger partial charge < -0.3 is 19.5 Å². The molecule has 1 N–H and O–H groups in total. The van der Waals surface area contributed by atoms with E-state index in [0.29, 0.717) is 24.2 Å². The largest absolute Gasteiger partial charge is 0.443 e. The van der Waals surface area contributed by atoms with Gasteiger partial charge in [-0.2, -0.15) is 5.26 Å². The molecule has 7 nitrogen and oxygen atoms in total. The molecule has 8 heteroatoms. The molecule has 2 aliphatic heterocycles. The highest BCUT2D eigenvalue weighted by atomic mass is 19.1. The van der Waals surface area contributed by atoms with E-state index < -0.39 is 23.3 Å². The fourth-order valence-corrected chi connectivity index (χ4v) is 3.37. The van der Waals surface area contributed by atoms with Gasteiger partial charge in [-0.05, 0) is 39.3 Å². The van der Waals surface area contributed by atoms with Crippen LogP contribution in [0, 0.1) is 24.1 Å². The van der Waals surface area contributed by atoms with Crippen LogP contribution >= 0.6 is 0 Å². The van der Waals surface area contributed by atoms with Crippen molar-refractivity contribution in [1.82, 2.24) is 9.80 Å². The molecule has 150 valence electrons. The maximum absolute atomic E-state index is 13.8. The van der Waals surface area contributed by atoms with Gasteiger partial charge >= 0.3 is 6.09 Å². The quantitative estimate of drug-likeness (QED) is 0.795. The summed E-state index contributed by atoms with van der Waals surface area (Å²) in [7, 11) is 0. The van der Waals surface area contributed by atoms with E-state index in [-0.39, 0.29) is 18.7 Å². The maximum Gasteiger partial charge on any atom is 0.414 e. The van der Waals surface area contributed by atoms with Gasteiger partial charge in [0, 0.05) is 24.9 Å².